The highest BCUT2D eigenvalue weighted by Crippen LogP contribution is 2.29. The fourth-order valence-corrected chi connectivity index (χ4v) is 2.96. The van der Waals surface area contributed by atoms with Crippen LogP contribution in [0.5, 0.6) is 0 Å². The van der Waals surface area contributed by atoms with E-state index in [1.54, 1.807) is 0 Å². The Balaban J connectivity index is 2.49. The summed E-state index contributed by atoms with van der Waals surface area (Å²) in [4.78, 5) is 4.29. The molecule has 0 N–H and O–H groups in total. The Bertz CT molecular complexity index is 935. The molecule has 4 aromatic rings. The van der Waals surface area contributed by atoms with Gasteiger partial charge in [-0.05, 0) is 12.5 Å². The average Bonchev–Trinajstić information content (AvgIpc) is 2.82. The fraction of sp³-hybridized carbons (Fsp3) is 0.125. The van der Waals surface area contributed by atoms with Crippen LogP contribution in [-0.4, -0.2) is 9.38 Å². The highest BCUT2D eigenvalue weighted by Gasteiger charge is 2.18. The zero-order valence-corrected chi connectivity index (χ0v) is 11.0. The lowest BCUT2D eigenvalue weighted by molar-refractivity contribution is -0.643. The summed E-state index contributed by atoms with van der Waals surface area (Å²) >= 11 is 0. The van der Waals surface area contributed by atoms with Gasteiger partial charge in [0.05, 0.1) is 12.4 Å². The SMILES string of the molecule is Cc1cccc2c3cnccc3n3cc[n+](C)c3c12. The molecular weight excluding hydrogens is 234 g/mol. The molecule has 0 saturated carbocycles. The van der Waals surface area contributed by atoms with Crippen LogP contribution in [0, 0.1) is 6.92 Å². The van der Waals surface area contributed by atoms with Gasteiger partial charge >= 0.3 is 0 Å². The van der Waals surface area contributed by atoms with Crippen molar-refractivity contribution >= 4 is 27.3 Å². The van der Waals surface area contributed by atoms with E-state index in [9.17, 15) is 0 Å². The molecule has 0 fully saturated rings. The molecule has 19 heavy (non-hydrogen) atoms. The quantitative estimate of drug-likeness (QED) is 0.346. The van der Waals surface area contributed by atoms with Gasteiger partial charge in [0.1, 0.15) is 17.9 Å². The highest BCUT2D eigenvalue weighted by atomic mass is 15.1. The van der Waals surface area contributed by atoms with Gasteiger partial charge in [0.2, 0.25) is 0 Å². The topological polar surface area (TPSA) is 21.2 Å². The second-order valence-electron chi connectivity index (χ2n) is 4.99. The van der Waals surface area contributed by atoms with E-state index in [-0.39, 0.29) is 0 Å². The summed E-state index contributed by atoms with van der Waals surface area (Å²) in [6.45, 7) is 2.16. The molecule has 3 aromatic heterocycles. The first-order valence-corrected chi connectivity index (χ1v) is 6.39. The maximum atomic E-state index is 4.29. The van der Waals surface area contributed by atoms with Crippen LogP contribution in [0.3, 0.4) is 0 Å². The Labute approximate surface area is 110 Å². The van der Waals surface area contributed by atoms with Crippen LogP contribution in [0.2, 0.25) is 0 Å². The molecule has 1 aromatic carbocycles. The Morgan fingerprint density at radius 1 is 1.16 bits per heavy atom. The van der Waals surface area contributed by atoms with E-state index >= 15 is 0 Å². The lowest BCUT2D eigenvalue weighted by Gasteiger charge is -2.06. The predicted octanol–water partition coefficient (Wildman–Crippen LogP) is 2.77. The van der Waals surface area contributed by atoms with E-state index < -0.39 is 0 Å². The minimum absolute atomic E-state index is 1.20. The summed E-state index contributed by atoms with van der Waals surface area (Å²) in [6, 6.07) is 8.53. The van der Waals surface area contributed by atoms with E-state index in [0.29, 0.717) is 0 Å². The number of fused-ring (bicyclic) bond motifs is 6. The molecule has 4 rings (SSSR count). The van der Waals surface area contributed by atoms with Crippen LogP contribution in [0.1, 0.15) is 5.56 Å². The van der Waals surface area contributed by atoms with E-state index in [1.807, 2.05) is 12.4 Å². The van der Waals surface area contributed by atoms with Crippen molar-refractivity contribution in [2.75, 3.05) is 0 Å². The number of aryl methyl sites for hydroxylation is 2. The van der Waals surface area contributed by atoms with Crippen molar-refractivity contribution < 1.29 is 4.57 Å². The molecule has 0 aliphatic heterocycles. The van der Waals surface area contributed by atoms with Gasteiger partial charge in [-0.2, -0.15) is 4.40 Å². The van der Waals surface area contributed by atoms with Gasteiger partial charge in [-0.15, -0.1) is 0 Å². The van der Waals surface area contributed by atoms with Gasteiger partial charge in [0.25, 0.3) is 5.65 Å². The molecular formula is C16H14N3+. The Kier molecular flexibility index (Phi) is 1.96. The molecule has 0 unspecified atom stereocenters. The molecule has 3 heteroatoms. The van der Waals surface area contributed by atoms with Crippen LogP contribution in [-0.2, 0) is 7.05 Å². The molecule has 0 saturated heterocycles. The first-order chi connectivity index (χ1) is 9.27. The smallest absolute Gasteiger partial charge is 0.264 e. The van der Waals surface area contributed by atoms with Crippen molar-refractivity contribution in [2.45, 2.75) is 6.92 Å². The van der Waals surface area contributed by atoms with Crippen LogP contribution in [0.15, 0.2) is 49.1 Å². The molecule has 92 valence electrons. The lowest BCUT2D eigenvalue weighted by atomic mass is 10.0. The molecule has 0 radical (unpaired) electrons. The second kappa shape index (κ2) is 3.54. The van der Waals surface area contributed by atoms with Gasteiger partial charge < -0.3 is 0 Å². The minimum atomic E-state index is 1.20. The Morgan fingerprint density at radius 3 is 2.95 bits per heavy atom. The van der Waals surface area contributed by atoms with Gasteiger partial charge in [0, 0.05) is 29.2 Å². The number of imidazole rings is 1. The normalized spacial score (nSPS) is 11.7. The second-order valence-corrected chi connectivity index (χ2v) is 4.99. The third-order valence-corrected chi connectivity index (χ3v) is 3.85. The molecule has 0 aliphatic carbocycles. The number of benzene rings is 1. The molecule has 3 nitrogen and oxygen atoms in total. The van der Waals surface area contributed by atoms with E-state index in [4.69, 9.17) is 0 Å². The number of aromatic nitrogens is 3. The van der Waals surface area contributed by atoms with Crippen LogP contribution >= 0.6 is 0 Å². The first-order valence-electron chi connectivity index (χ1n) is 6.39. The van der Waals surface area contributed by atoms with Crippen molar-refractivity contribution in [1.82, 2.24) is 9.38 Å². The summed E-state index contributed by atoms with van der Waals surface area (Å²) in [5.41, 5.74) is 3.72. The maximum absolute atomic E-state index is 4.29. The van der Waals surface area contributed by atoms with Crippen molar-refractivity contribution in [3.63, 3.8) is 0 Å². The van der Waals surface area contributed by atoms with Crippen molar-refractivity contribution in [3.05, 3.63) is 54.6 Å². The van der Waals surface area contributed by atoms with Gasteiger partial charge in [-0.3, -0.25) is 4.98 Å². The fourth-order valence-electron chi connectivity index (χ4n) is 2.96. The lowest BCUT2D eigenvalue weighted by Crippen LogP contribution is -2.26. The van der Waals surface area contributed by atoms with Crippen LogP contribution in [0.4, 0.5) is 0 Å². The van der Waals surface area contributed by atoms with Gasteiger partial charge in [0.15, 0.2) is 0 Å². The zero-order valence-electron chi connectivity index (χ0n) is 11.0. The highest BCUT2D eigenvalue weighted by molar-refractivity contribution is 6.11. The largest absolute Gasteiger partial charge is 0.294 e. The molecule has 0 spiro atoms. The molecule has 0 atom stereocenters. The summed E-state index contributed by atoms with van der Waals surface area (Å²) in [5.74, 6) is 0. The average molecular weight is 248 g/mol. The van der Waals surface area contributed by atoms with Gasteiger partial charge in [-0.25, -0.2) is 4.57 Å². The third kappa shape index (κ3) is 1.27. The minimum Gasteiger partial charge on any atom is -0.264 e. The number of nitrogens with zero attached hydrogens (tertiary/aromatic N) is 3. The molecule has 0 aliphatic rings. The number of rotatable bonds is 0. The van der Waals surface area contributed by atoms with E-state index in [0.717, 1.165) is 0 Å². The maximum Gasteiger partial charge on any atom is 0.294 e. The van der Waals surface area contributed by atoms with Crippen LogP contribution in [0.25, 0.3) is 27.3 Å². The predicted molar refractivity (Wildman–Crippen MR) is 76.1 cm³/mol. The van der Waals surface area contributed by atoms with E-state index in [2.05, 4.69) is 64.6 Å². The summed E-state index contributed by atoms with van der Waals surface area (Å²) in [5, 5.41) is 3.77. The van der Waals surface area contributed by atoms with Crippen molar-refractivity contribution in [2.24, 2.45) is 7.05 Å². The standard InChI is InChI=1S/C16H14N3/c1-11-4-3-5-12-13-10-17-7-6-14(13)19-9-8-18(2)16(19)15(11)12/h3-10H,1-2H3/q+1. The number of pyridine rings is 2. The molecule has 0 bridgehead atoms. The zero-order chi connectivity index (χ0) is 13.0. The Morgan fingerprint density at radius 2 is 2.05 bits per heavy atom. The summed E-state index contributed by atoms with van der Waals surface area (Å²) in [6.07, 6.45) is 8.02. The molecule has 3 heterocycles. The Hall–Kier alpha value is -2.42. The van der Waals surface area contributed by atoms with Crippen molar-refractivity contribution in [1.29, 1.82) is 0 Å². The summed E-state index contributed by atoms with van der Waals surface area (Å²) in [7, 11) is 2.09. The van der Waals surface area contributed by atoms with Gasteiger partial charge in [-0.1, -0.05) is 18.2 Å². The monoisotopic (exact) mass is 248 g/mol. The number of hydrogen-bond acceptors (Lipinski definition) is 1. The molecule has 0 amide bonds. The third-order valence-electron chi connectivity index (χ3n) is 3.85. The number of hydrogen-bond donors (Lipinski definition) is 0. The van der Waals surface area contributed by atoms with Crippen molar-refractivity contribution in [3.8, 4) is 0 Å². The van der Waals surface area contributed by atoms with E-state index in [1.165, 1.54) is 32.9 Å². The first kappa shape index (κ1) is 10.5. The van der Waals surface area contributed by atoms with Crippen LogP contribution < -0.4 is 4.57 Å². The summed E-state index contributed by atoms with van der Waals surface area (Å²) < 4.78 is 4.42.